The van der Waals surface area contributed by atoms with E-state index in [1.54, 1.807) is 0 Å². The molecule has 1 rings (SSSR count). The van der Waals surface area contributed by atoms with Gasteiger partial charge in [0.1, 0.15) is 17.5 Å². The number of nitrogens with zero attached hydrogens (tertiary/aromatic N) is 3. The van der Waals surface area contributed by atoms with Crippen molar-refractivity contribution in [2.75, 3.05) is 72.0 Å². The summed E-state index contributed by atoms with van der Waals surface area (Å²) < 4.78 is 11.0. The highest BCUT2D eigenvalue weighted by Gasteiger charge is 2.22. The van der Waals surface area contributed by atoms with E-state index in [1.165, 1.54) is 0 Å². The molecule has 0 atom stereocenters. The molecular formula is C22H42N4O5. The van der Waals surface area contributed by atoms with Gasteiger partial charge >= 0.3 is 11.9 Å². The predicted octanol–water partition coefficient (Wildman–Crippen LogP) is 0.378. The Bertz CT molecular complexity index is 571. The van der Waals surface area contributed by atoms with E-state index < -0.39 is 11.2 Å². The second kappa shape index (κ2) is 13.1. The van der Waals surface area contributed by atoms with Crippen LogP contribution in [0.15, 0.2) is 0 Å². The topological polar surface area (TPSA) is 91.4 Å². The van der Waals surface area contributed by atoms with Gasteiger partial charge in [0.25, 0.3) is 0 Å². The van der Waals surface area contributed by atoms with Crippen LogP contribution in [0.25, 0.3) is 0 Å². The molecule has 0 aromatic carbocycles. The summed E-state index contributed by atoms with van der Waals surface area (Å²) in [6.07, 6.45) is 0.909. The molecule has 0 bridgehead atoms. The summed E-state index contributed by atoms with van der Waals surface area (Å²) in [5, 5.41) is 3.37. The van der Waals surface area contributed by atoms with Gasteiger partial charge in [-0.3, -0.25) is 24.3 Å². The maximum atomic E-state index is 12.4. The van der Waals surface area contributed by atoms with Crippen LogP contribution in [0, 0.1) is 0 Å². The Morgan fingerprint density at radius 2 is 1.13 bits per heavy atom. The molecule has 1 N–H and O–H groups in total. The molecule has 9 heteroatoms. The summed E-state index contributed by atoms with van der Waals surface area (Å²) in [6.45, 7) is 17.3. The van der Waals surface area contributed by atoms with Gasteiger partial charge in [-0.15, -0.1) is 0 Å². The van der Waals surface area contributed by atoms with Crippen LogP contribution in [0.3, 0.4) is 0 Å². The molecule has 1 heterocycles. The first-order chi connectivity index (χ1) is 14.4. The number of carbonyl (C=O) groups is 3. The number of aldehydes is 1. The Kier molecular flexibility index (Phi) is 11.6. The SMILES string of the molecule is CC(C)(C)OC(=O)CN1CCNCCN(CC=O)CCN(CC(=O)OC(C)(C)C)CC1. The lowest BCUT2D eigenvalue weighted by molar-refractivity contribution is -0.158. The van der Waals surface area contributed by atoms with Gasteiger partial charge in [-0.2, -0.15) is 0 Å². The van der Waals surface area contributed by atoms with Crippen LogP contribution in [0.4, 0.5) is 0 Å². The zero-order chi connectivity index (χ0) is 23.5. The van der Waals surface area contributed by atoms with Crippen LogP contribution in [0.5, 0.6) is 0 Å². The van der Waals surface area contributed by atoms with Gasteiger partial charge in [-0.1, -0.05) is 0 Å². The van der Waals surface area contributed by atoms with Crippen LogP contribution < -0.4 is 5.32 Å². The van der Waals surface area contributed by atoms with Gasteiger partial charge in [-0.05, 0) is 41.5 Å². The van der Waals surface area contributed by atoms with Gasteiger partial charge in [0.05, 0.1) is 19.6 Å². The van der Waals surface area contributed by atoms with Crippen molar-refractivity contribution < 1.29 is 23.9 Å². The van der Waals surface area contributed by atoms with Gasteiger partial charge < -0.3 is 19.6 Å². The molecule has 1 saturated heterocycles. The lowest BCUT2D eigenvalue weighted by Gasteiger charge is -2.31. The van der Waals surface area contributed by atoms with Crippen molar-refractivity contribution in [3.63, 3.8) is 0 Å². The third-order valence-electron chi connectivity index (χ3n) is 4.55. The zero-order valence-electron chi connectivity index (χ0n) is 20.2. The van der Waals surface area contributed by atoms with E-state index >= 15 is 0 Å². The summed E-state index contributed by atoms with van der Waals surface area (Å²) in [5.74, 6) is -0.530. The molecule has 0 amide bonds. The number of hydrogen-bond donors (Lipinski definition) is 1. The van der Waals surface area contributed by atoms with E-state index in [-0.39, 0.29) is 25.0 Å². The Balaban J connectivity index is 2.80. The third-order valence-corrected chi connectivity index (χ3v) is 4.55. The van der Waals surface area contributed by atoms with Crippen LogP contribution in [0.2, 0.25) is 0 Å². The highest BCUT2D eigenvalue weighted by atomic mass is 16.6. The highest BCUT2D eigenvalue weighted by molar-refractivity contribution is 5.72. The number of carbonyl (C=O) groups excluding carboxylic acids is 3. The Labute approximate surface area is 187 Å². The molecule has 0 aromatic rings. The van der Waals surface area contributed by atoms with E-state index in [4.69, 9.17) is 9.47 Å². The average Bonchev–Trinajstić information content (AvgIpc) is 2.58. The van der Waals surface area contributed by atoms with Crippen molar-refractivity contribution >= 4 is 18.2 Å². The Morgan fingerprint density at radius 1 is 0.742 bits per heavy atom. The van der Waals surface area contributed by atoms with E-state index in [0.717, 1.165) is 25.9 Å². The normalized spacial score (nSPS) is 19.2. The molecule has 0 unspecified atom stereocenters. The third kappa shape index (κ3) is 14.2. The second-order valence-electron chi connectivity index (χ2n) is 9.94. The largest absolute Gasteiger partial charge is 0.459 e. The standard InChI is InChI=1S/C22H42N4O5/c1-21(2,3)30-19(28)17-25-10-8-23-7-9-24(15-16-27)11-12-26(14-13-25)18-20(29)31-22(4,5)6/h16,23H,7-15,17-18H2,1-6H3. The van der Waals surface area contributed by atoms with Crippen LogP contribution in [-0.4, -0.2) is 116 Å². The van der Waals surface area contributed by atoms with Crippen LogP contribution >= 0.6 is 0 Å². The average molecular weight is 443 g/mol. The molecule has 9 nitrogen and oxygen atoms in total. The Morgan fingerprint density at radius 3 is 1.55 bits per heavy atom. The molecule has 31 heavy (non-hydrogen) atoms. The summed E-state index contributed by atoms with van der Waals surface area (Å²) in [6, 6.07) is 0. The van der Waals surface area contributed by atoms with E-state index in [0.29, 0.717) is 39.3 Å². The maximum absolute atomic E-state index is 12.4. The second-order valence-corrected chi connectivity index (χ2v) is 9.94. The van der Waals surface area contributed by atoms with Crippen LogP contribution in [-0.2, 0) is 23.9 Å². The molecule has 0 spiro atoms. The summed E-state index contributed by atoms with van der Waals surface area (Å²) >= 11 is 0. The fourth-order valence-electron chi connectivity index (χ4n) is 3.22. The molecule has 0 saturated carbocycles. The lowest BCUT2D eigenvalue weighted by atomic mass is 10.2. The van der Waals surface area contributed by atoms with Gasteiger partial charge in [0, 0.05) is 52.4 Å². The van der Waals surface area contributed by atoms with Crippen molar-refractivity contribution in [1.82, 2.24) is 20.0 Å². The molecular weight excluding hydrogens is 400 g/mol. The van der Waals surface area contributed by atoms with Crippen molar-refractivity contribution in [3.05, 3.63) is 0 Å². The van der Waals surface area contributed by atoms with E-state index in [1.807, 2.05) is 51.3 Å². The molecule has 0 aromatic heterocycles. The van der Waals surface area contributed by atoms with Gasteiger partial charge in [0.15, 0.2) is 0 Å². The van der Waals surface area contributed by atoms with E-state index in [2.05, 4.69) is 10.2 Å². The fraction of sp³-hybridized carbons (Fsp3) is 0.864. The van der Waals surface area contributed by atoms with Gasteiger partial charge in [0.2, 0.25) is 0 Å². The number of esters is 2. The minimum atomic E-state index is -0.540. The number of nitrogens with one attached hydrogen (secondary N) is 1. The van der Waals surface area contributed by atoms with Gasteiger partial charge in [-0.25, -0.2) is 0 Å². The monoisotopic (exact) mass is 442 g/mol. The van der Waals surface area contributed by atoms with Crippen molar-refractivity contribution in [3.8, 4) is 0 Å². The molecule has 0 aliphatic carbocycles. The van der Waals surface area contributed by atoms with Crippen molar-refractivity contribution in [2.45, 2.75) is 52.7 Å². The summed E-state index contributed by atoms with van der Waals surface area (Å²) in [4.78, 5) is 41.9. The minimum absolute atomic E-state index is 0.171. The van der Waals surface area contributed by atoms with Crippen molar-refractivity contribution in [2.24, 2.45) is 0 Å². The first-order valence-electron chi connectivity index (χ1n) is 11.1. The number of ether oxygens (including phenoxy) is 2. The zero-order valence-corrected chi connectivity index (χ0v) is 20.2. The molecule has 180 valence electrons. The highest BCUT2D eigenvalue weighted by Crippen LogP contribution is 2.09. The predicted molar refractivity (Wildman–Crippen MR) is 120 cm³/mol. The molecule has 1 aliphatic rings. The first-order valence-corrected chi connectivity index (χ1v) is 11.1. The van der Waals surface area contributed by atoms with Crippen LogP contribution in [0.1, 0.15) is 41.5 Å². The molecule has 1 fully saturated rings. The van der Waals surface area contributed by atoms with Crippen molar-refractivity contribution in [1.29, 1.82) is 0 Å². The lowest BCUT2D eigenvalue weighted by Crippen LogP contribution is -2.48. The first kappa shape index (κ1) is 27.5. The molecule has 0 radical (unpaired) electrons. The number of rotatable bonds is 6. The Hall–Kier alpha value is -1.55. The summed E-state index contributed by atoms with van der Waals surface area (Å²) in [5.41, 5.74) is -1.06. The summed E-state index contributed by atoms with van der Waals surface area (Å²) in [7, 11) is 0. The van der Waals surface area contributed by atoms with E-state index in [9.17, 15) is 14.4 Å². The maximum Gasteiger partial charge on any atom is 0.320 e. The minimum Gasteiger partial charge on any atom is -0.459 e. The number of hydrogen-bond acceptors (Lipinski definition) is 9. The quantitative estimate of drug-likeness (QED) is 0.463. The fourth-order valence-corrected chi connectivity index (χ4v) is 3.22. The smallest absolute Gasteiger partial charge is 0.320 e. The molecule has 1 aliphatic heterocycles.